The van der Waals surface area contributed by atoms with E-state index in [1.807, 2.05) is 21.1 Å². The van der Waals surface area contributed by atoms with E-state index >= 15 is 0 Å². The van der Waals surface area contributed by atoms with Crippen molar-refractivity contribution in [2.75, 3.05) is 40.9 Å². The third-order valence-electron chi connectivity index (χ3n) is 10.6. The van der Waals surface area contributed by atoms with E-state index in [9.17, 15) is 19.4 Å². The number of allylic oxidation sites excluding steroid dienone is 6. The Morgan fingerprint density at radius 3 is 1.47 bits per heavy atom. The summed E-state index contributed by atoms with van der Waals surface area (Å²) in [5.41, 5.74) is 0. The number of carbonyl (C=O) groups is 1. The van der Waals surface area contributed by atoms with Crippen molar-refractivity contribution in [3.05, 3.63) is 36.5 Å². The lowest BCUT2D eigenvalue weighted by molar-refractivity contribution is -0.870. The molecule has 0 fully saturated rings. The molecular weight excluding hydrogens is 732 g/mol. The summed E-state index contributed by atoms with van der Waals surface area (Å²) in [5, 5.41) is 13.9. The number of aliphatic hydroxyl groups is 1. The molecule has 0 aliphatic carbocycles. The van der Waals surface area contributed by atoms with Gasteiger partial charge in [-0.15, -0.1) is 0 Å². The lowest BCUT2D eigenvalue weighted by atomic mass is 10.0. The van der Waals surface area contributed by atoms with Crippen LogP contribution in [0.3, 0.4) is 0 Å². The van der Waals surface area contributed by atoms with E-state index < -0.39 is 20.0 Å². The van der Waals surface area contributed by atoms with Gasteiger partial charge in [-0.25, -0.2) is 0 Å². The molecule has 8 nitrogen and oxygen atoms in total. The number of likely N-dealkylation sites (N-methyl/N-ethyl adjacent to an activating group) is 1. The predicted molar refractivity (Wildman–Crippen MR) is 242 cm³/mol. The van der Waals surface area contributed by atoms with Crippen molar-refractivity contribution in [1.82, 2.24) is 5.32 Å². The zero-order chi connectivity index (χ0) is 42.1. The van der Waals surface area contributed by atoms with E-state index in [0.29, 0.717) is 23.9 Å². The molecule has 0 saturated heterocycles. The normalized spacial score (nSPS) is 14.6. The Morgan fingerprint density at radius 1 is 0.614 bits per heavy atom. The number of quaternary nitrogens is 1. The van der Waals surface area contributed by atoms with E-state index in [4.69, 9.17) is 9.05 Å². The monoisotopic (exact) mass is 825 g/mol. The van der Waals surface area contributed by atoms with Gasteiger partial charge in [-0.05, 0) is 51.4 Å². The van der Waals surface area contributed by atoms with Crippen LogP contribution in [0.1, 0.15) is 213 Å². The largest absolute Gasteiger partial charge is 0.756 e. The van der Waals surface area contributed by atoms with Gasteiger partial charge in [-0.1, -0.05) is 192 Å². The van der Waals surface area contributed by atoms with Crippen LogP contribution in [0.5, 0.6) is 0 Å². The van der Waals surface area contributed by atoms with Gasteiger partial charge in [-0.2, -0.15) is 0 Å². The molecule has 3 atom stereocenters. The summed E-state index contributed by atoms with van der Waals surface area (Å²) in [6.45, 7) is 4.69. The number of rotatable bonds is 43. The molecule has 2 N–H and O–H groups in total. The smallest absolute Gasteiger partial charge is 0.268 e. The van der Waals surface area contributed by atoms with Crippen LogP contribution in [-0.2, 0) is 18.4 Å². The van der Waals surface area contributed by atoms with Gasteiger partial charge in [0.1, 0.15) is 13.2 Å². The zero-order valence-electron chi connectivity index (χ0n) is 38.0. The topological polar surface area (TPSA) is 108 Å². The number of carbonyl (C=O) groups excluding carboxylic acids is 1. The Labute approximate surface area is 353 Å². The molecule has 0 radical (unpaired) electrons. The molecule has 1 amide bonds. The molecule has 3 unspecified atom stereocenters. The minimum absolute atomic E-state index is 0.00997. The summed E-state index contributed by atoms with van der Waals surface area (Å²) in [7, 11) is 1.30. The van der Waals surface area contributed by atoms with Crippen LogP contribution in [0.25, 0.3) is 0 Å². The second-order valence-electron chi connectivity index (χ2n) is 17.5. The van der Waals surface area contributed by atoms with Gasteiger partial charge in [0.2, 0.25) is 5.91 Å². The molecule has 0 aliphatic rings. The SMILES string of the molecule is CCCCCCC/C=C\C/C=C\C/C=C\CCCCCCCCCCC(=O)NC(COP(=O)([O-])OCC[N+](C)(C)C)C(O)CCCCCCCCCCCCCC. The average Bonchev–Trinajstić information content (AvgIpc) is 3.16. The van der Waals surface area contributed by atoms with Gasteiger partial charge < -0.3 is 28.8 Å². The molecule has 57 heavy (non-hydrogen) atoms. The number of aliphatic hydroxyl groups excluding tert-OH is 1. The van der Waals surface area contributed by atoms with Gasteiger partial charge in [-0.3, -0.25) is 9.36 Å². The van der Waals surface area contributed by atoms with Crippen LogP contribution >= 0.6 is 7.82 Å². The predicted octanol–water partition coefficient (Wildman–Crippen LogP) is 12.8. The first-order chi connectivity index (χ1) is 27.5. The molecule has 0 rings (SSSR count). The van der Waals surface area contributed by atoms with Crippen LogP contribution < -0.4 is 10.2 Å². The third kappa shape index (κ3) is 42.6. The molecule has 0 spiro atoms. The Kier molecular flexibility index (Phi) is 39.2. The van der Waals surface area contributed by atoms with E-state index in [1.54, 1.807) is 0 Å². The molecule has 0 aromatic carbocycles. The first-order valence-electron chi connectivity index (χ1n) is 23.8. The van der Waals surface area contributed by atoms with E-state index in [-0.39, 0.29) is 19.1 Å². The zero-order valence-corrected chi connectivity index (χ0v) is 38.9. The lowest BCUT2D eigenvalue weighted by Crippen LogP contribution is -2.46. The van der Waals surface area contributed by atoms with Gasteiger partial charge in [0, 0.05) is 6.42 Å². The standard InChI is InChI=1S/C48H93N2O6P/c1-6-8-10-12-14-16-18-20-21-22-23-24-25-26-27-28-29-30-32-34-36-38-40-42-48(52)49-46(45-56-57(53,54)55-44-43-50(3,4)5)47(51)41-39-37-35-33-31-19-17-15-13-11-9-7-2/h18,20,22-23,25-26,46-47,51H,6-17,19,21,24,27-45H2,1-5H3,(H-,49,52,53,54)/b20-18-,23-22-,26-25-. The molecule has 0 bridgehead atoms. The second kappa shape index (κ2) is 40.1. The first kappa shape index (κ1) is 55.7. The Hall–Kier alpha value is -1.28. The molecule has 0 aromatic rings. The maximum atomic E-state index is 12.9. The summed E-state index contributed by atoms with van der Waals surface area (Å²) in [5.74, 6) is -0.173. The number of amides is 1. The maximum Gasteiger partial charge on any atom is 0.268 e. The molecule has 336 valence electrons. The Morgan fingerprint density at radius 2 is 1.02 bits per heavy atom. The molecule has 0 aromatic heterocycles. The second-order valence-corrected chi connectivity index (χ2v) is 18.9. The number of unbranched alkanes of at least 4 members (excludes halogenated alkanes) is 24. The average molecular weight is 825 g/mol. The number of nitrogens with one attached hydrogen (secondary N) is 1. The first-order valence-corrected chi connectivity index (χ1v) is 25.3. The summed E-state index contributed by atoms with van der Waals surface area (Å²) in [6.07, 6.45) is 48.6. The Bertz CT molecular complexity index is 1030. The number of hydrogen-bond donors (Lipinski definition) is 2. The van der Waals surface area contributed by atoms with Crippen molar-refractivity contribution < 1.29 is 32.9 Å². The Balaban J connectivity index is 4.26. The van der Waals surface area contributed by atoms with Crippen LogP contribution in [0.4, 0.5) is 0 Å². The number of nitrogens with zero attached hydrogens (tertiary/aromatic N) is 1. The number of phosphoric ester groups is 1. The van der Waals surface area contributed by atoms with Crippen molar-refractivity contribution in [2.45, 2.75) is 225 Å². The summed E-state index contributed by atoms with van der Waals surface area (Å²) >= 11 is 0. The van der Waals surface area contributed by atoms with Gasteiger partial charge in [0.15, 0.2) is 0 Å². The van der Waals surface area contributed by atoms with Gasteiger partial charge >= 0.3 is 0 Å². The summed E-state index contributed by atoms with van der Waals surface area (Å²) in [6, 6.07) is -0.803. The van der Waals surface area contributed by atoms with Crippen molar-refractivity contribution in [2.24, 2.45) is 0 Å². The molecule has 0 heterocycles. The maximum absolute atomic E-state index is 12.9. The van der Waals surface area contributed by atoms with Crippen LogP contribution in [-0.4, -0.2) is 68.5 Å². The van der Waals surface area contributed by atoms with Gasteiger partial charge in [0.05, 0.1) is 39.9 Å². The van der Waals surface area contributed by atoms with Crippen molar-refractivity contribution in [3.8, 4) is 0 Å². The van der Waals surface area contributed by atoms with Crippen molar-refractivity contribution in [3.63, 3.8) is 0 Å². The van der Waals surface area contributed by atoms with E-state index in [1.165, 1.54) is 128 Å². The minimum Gasteiger partial charge on any atom is -0.756 e. The number of phosphoric acid groups is 1. The van der Waals surface area contributed by atoms with Crippen LogP contribution in [0, 0.1) is 0 Å². The van der Waals surface area contributed by atoms with Gasteiger partial charge in [0.25, 0.3) is 7.82 Å². The molecule has 0 saturated carbocycles. The van der Waals surface area contributed by atoms with Crippen LogP contribution in [0.15, 0.2) is 36.5 Å². The molecule has 9 heteroatoms. The highest BCUT2D eigenvalue weighted by atomic mass is 31.2. The third-order valence-corrected chi connectivity index (χ3v) is 11.6. The number of hydrogen-bond acceptors (Lipinski definition) is 6. The highest BCUT2D eigenvalue weighted by Gasteiger charge is 2.24. The minimum atomic E-state index is -4.56. The van der Waals surface area contributed by atoms with E-state index in [2.05, 4.69) is 55.6 Å². The fraction of sp³-hybridized carbons (Fsp3) is 0.854. The summed E-state index contributed by atoms with van der Waals surface area (Å²) < 4.78 is 23.3. The summed E-state index contributed by atoms with van der Waals surface area (Å²) in [4.78, 5) is 25.3. The quantitative estimate of drug-likeness (QED) is 0.0274. The highest BCUT2D eigenvalue weighted by molar-refractivity contribution is 7.45. The van der Waals surface area contributed by atoms with Crippen LogP contribution in [0.2, 0.25) is 0 Å². The fourth-order valence-electron chi connectivity index (χ4n) is 6.81. The van der Waals surface area contributed by atoms with E-state index in [0.717, 1.165) is 57.8 Å². The lowest BCUT2D eigenvalue weighted by Gasteiger charge is -2.30. The van der Waals surface area contributed by atoms with Crippen molar-refractivity contribution >= 4 is 13.7 Å². The fourth-order valence-corrected chi connectivity index (χ4v) is 7.53. The highest BCUT2D eigenvalue weighted by Crippen LogP contribution is 2.38. The molecule has 0 aliphatic heterocycles. The molecular formula is C48H93N2O6P. The van der Waals surface area contributed by atoms with Crippen molar-refractivity contribution in [1.29, 1.82) is 0 Å².